The van der Waals surface area contributed by atoms with Gasteiger partial charge in [0.2, 0.25) is 0 Å². The summed E-state index contributed by atoms with van der Waals surface area (Å²) in [5, 5.41) is 19.0. The van der Waals surface area contributed by atoms with E-state index in [9.17, 15) is 23.9 Å². The number of hydrogen-bond donors (Lipinski definition) is 3. The number of amides is 2. The number of carboxylic acid groups (broad SMARTS) is 1. The minimum Gasteiger partial charge on any atom is -0.481 e. The highest BCUT2D eigenvalue weighted by molar-refractivity contribution is 6.30. The second kappa shape index (κ2) is 9.81. The van der Waals surface area contributed by atoms with Crippen LogP contribution in [0.5, 0.6) is 0 Å². The summed E-state index contributed by atoms with van der Waals surface area (Å²) in [6.07, 6.45) is 3.61. The van der Waals surface area contributed by atoms with Crippen LogP contribution >= 0.6 is 11.6 Å². The second-order valence-corrected chi connectivity index (χ2v) is 10.2. The van der Waals surface area contributed by atoms with Gasteiger partial charge in [0.1, 0.15) is 23.5 Å². The summed E-state index contributed by atoms with van der Waals surface area (Å²) in [4.78, 5) is 45.6. The maximum Gasteiger partial charge on any atom is 0.309 e. The number of nitrogens with one attached hydrogen (secondary N) is 2. The number of rotatable bonds is 7. The van der Waals surface area contributed by atoms with E-state index in [-0.39, 0.29) is 34.1 Å². The highest BCUT2D eigenvalue weighted by atomic mass is 35.5. The van der Waals surface area contributed by atoms with Crippen molar-refractivity contribution < 1.29 is 23.9 Å². The largest absolute Gasteiger partial charge is 0.481 e. The molecular weight excluding hydrogens is 491 g/mol. The summed E-state index contributed by atoms with van der Waals surface area (Å²) in [5.74, 6) is -2.28. The summed E-state index contributed by atoms with van der Waals surface area (Å²) >= 11 is 5.79. The quantitative estimate of drug-likeness (QED) is 0.438. The molecule has 0 unspecified atom stereocenters. The third-order valence-corrected chi connectivity index (χ3v) is 7.20. The van der Waals surface area contributed by atoms with Crippen molar-refractivity contribution >= 4 is 35.2 Å². The first-order valence-corrected chi connectivity index (χ1v) is 11.8. The summed E-state index contributed by atoms with van der Waals surface area (Å²) in [5.41, 5.74) is -0.355. The number of carbonyl (C=O) groups excluding carboxylic acids is 2. The molecule has 3 aromatic rings. The molecule has 12 heteroatoms. The van der Waals surface area contributed by atoms with Crippen molar-refractivity contribution in [1.82, 2.24) is 30.2 Å². The van der Waals surface area contributed by atoms with Crippen LogP contribution in [-0.2, 0) is 11.3 Å². The molecule has 0 saturated heterocycles. The highest BCUT2D eigenvalue weighted by Gasteiger charge is 2.42. The van der Waals surface area contributed by atoms with E-state index in [0.717, 1.165) is 0 Å². The fourth-order valence-corrected chi connectivity index (χ4v) is 4.40. The van der Waals surface area contributed by atoms with Crippen molar-refractivity contribution in [1.29, 1.82) is 0 Å². The van der Waals surface area contributed by atoms with Gasteiger partial charge >= 0.3 is 5.97 Å². The van der Waals surface area contributed by atoms with Gasteiger partial charge in [0.15, 0.2) is 0 Å². The maximum atomic E-state index is 13.4. The van der Waals surface area contributed by atoms with E-state index in [2.05, 4.69) is 25.7 Å². The van der Waals surface area contributed by atoms with Gasteiger partial charge in [-0.25, -0.2) is 9.37 Å². The maximum absolute atomic E-state index is 13.4. The van der Waals surface area contributed by atoms with Crippen molar-refractivity contribution in [2.45, 2.75) is 46.1 Å². The molecule has 4 rings (SSSR count). The minimum atomic E-state index is -0.799. The van der Waals surface area contributed by atoms with E-state index in [1.165, 1.54) is 35.1 Å². The van der Waals surface area contributed by atoms with E-state index in [4.69, 9.17) is 11.6 Å². The second-order valence-electron chi connectivity index (χ2n) is 9.79. The van der Waals surface area contributed by atoms with Crippen molar-refractivity contribution in [3.05, 3.63) is 58.4 Å². The van der Waals surface area contributed by atoms with E-state index in [1.807, 2.05) is 6.92 Å². The third-order valence-electron chi connectivity index (χ3n) is 6.91. The first kappa shape index (κ1) is 25.5. The lowest BCUT2D eigenvalue weighted by atomic mass is 9.65. The van der Waals surface area contributed by atoms with Gasteiger partial charge in [-0.1, -0.05) is 24.6 Å². The van der Waals surface area contributed by atoms with Crippen molar-refractivity contribution in [3.8, 4) is 0 Å². The average Bonchev–Trinajstić information content (AvgIpc) is 3.33. The molecule has 3 N–H and O–H groups in total. The van der Waals surface area contributed by atoms with Crippen molar-refractivity contribution in [3.63, 3.8) is 0 Å². The van der Waals surface area contributed by atoms with Crippen LogP contribution in [0.3, 0.4) is 0 Å². The Kier molecular flexibility index (Phi) is 6.94. The number of benzene rings is 1. The lowest BCUT2D eigenvalue weighted by molar-refractivity contribution is -0.151. The van der Waals surface area contributed by atoms with Crippen molar-refractivity contribution in [2.24, 2.45) is 10.8 Å². The first-order chi connectivity index (χ1) is 17.0. The summed E-state index contributed by atoms with van der Waals surface area (Å²) in [6.45, 7) is 4.19. The minimum absolute atomic E-state index is 0.0324. The smallest absolute Gasteiger partial charge is 0.309 e. The molecule has 1 aliphatic rings. The van der Waals surface area contributed by atoms with Gasteiger partial charge in [-0.15, -0.1) is 0 Å². The molecule has 2 heterocycles. The van der Waals surface area contributed by atoms with E-state index in [0.29, 0.717) is 37.8 Å². The Balaban J connectivity index is 1.46. The van der Waals surface area contributed by atoms with Gasteiger partial charge in [-0.3, -0.25) is 14.4 Å². The predicted octanol–water partition coefficient (Wildman–Crippen LogP) is 3.25. The van der Waals surface area contributed by atoms with Crippen LogP contribution < -0.4 is 10.6 Å². The highest BCUT2D eigenvalue weighted by Crippen LogP contribution is 2.45. The molecule has 0 atom stereocenters. The third kappa shape index (κ3) is 5.30. The molecule has 0 radical (unpaired) electrons. The van der Waals surface area contributed by atoms with E-state index < -0.39 is 29.0 Å². The van der Waals surface area contributed by atoms with Gasteiger partial charge in [0, 0.05) is 19.2 Å². The topological polar surface area (TPSA) is 139 Å². The fourth-order valence-electron chi connectivity index (χ4n) is 4.19. The average molecular weight is 517 g/mol. The predicted molar refractivity (Wildman–Crippen MR) is 128 cm³/mol. The summed E-state index contributed by atoms with van der Waals surface area (Å²) in [6, 6.07) is 5.45. The Labute approximate surface area is 211 Å². The van der Waals surface area contributed by atoms with Gasteiger partial charge in [-0.2, -0.15) is 14.6 Å². The Morgan fingerprint density at radius 1 is 1.11 bits per heavy atom. The number of nitrogens with zero attached hydrogens (tertiary/aromatic N) is 4. The fraction of sp³-hybridized carbons (Fsp3) is 0.417. The van der Waals surface area contributed by atoms with Crippen molar-refractivity contribution in [2.75, 3.05) is 6.54 Å². The van der Waals surface area contributed by atoms with Gasteiger partial charge < -0.3 is 15.7 Å². The van der Waals surface area contributed by atoms with E-state index >= 15 is 0 Å². The number of halogens is 2. The van der Waals surface area contributed by atoms with Crippen LogP contribution in [0.4, 0.5) is 4.39 Å². The normalized spacial score (nSPS) is 21.8. The van der Waals surface area contributed by atoms with Crippen LogP contribution in [-0.4, -0.2) is 49.0 Å². The van der Waals surface area contributed by atoms with Gasteiger partial charge in [0.05, 0.1) is 10.4 Å². The molecule has 10 nitrogen and oxygen atoms in total. The summed E-state index contributed by atoms with van der Waals surface area (Å²) < 4.78 is 14.6. The molecule has 36 heavy (non-hydrogen) atoms. The zero-order chi connectivity index (χ0) is 26.1. The molecule has 2 amide bonds. The number of hydrogen-bond acceptors (Lipinski definition) is 6. The summed E-state index contributed by atoms with van der Waals surface area (Å²) in [7, 11) is 0. The van der Waals surface area contributed by atoms with Crippen LogP contribution in [0.2, 0.25) is 5.02 Å². The molecule has 1 fully saturated rings. The molecule has 2 aromatic heterocycles. The van der Waals surface area contributed by atoms with Gasteiger partial charge in [0.25, 0.3) is 17.6 Å². The Bertz CT molecular complexity index is 1340. The molecule has 1 aromatic carbocycles. The zero-order valence-corrected chi connectivity index (χ0v) is 20.6. The molecule has 0 aliphatic heterocycles. The van der Waals surface area contributed by atoms with Crippen LogP contribution in [0.1, 0.15) is 66.1 Å². The Morgan fingerprint density at radius 3 is 2.50 bits per heavy atom. The van der Waals surface area contributed by atoms with Crippen LogP contribution in [0, 0.1) is 16.6 Å². The number of aromatic nitrogens is 4. The molecule has 0 spiro atoms. The standard InChI is InChI=1S/C24H26ClFN6O4/c1-23(5-7-24(2,8-6-23)21(35)36)12-28-20(34)18-10-17(31-22-29-13-30-32(18)22)19(33)27-11-14-3-4-16(26)15(25)9-14/h3-4,9-10,13H,5-8,11-12H2,1-2H3,(H,27,33)(H,28,34)(H,35,36). The van der Waals surface area contributed by atoms with Crippen LogP contribution in [0.15, 0.2) is 30.6 Å². The van der Waals surface area contributed by atoms with Crippen LogP contribution in [0.25, 0.3) is 5.78 Å². The number of carboxylic acids is 1. The molecule has 1 saturated carbocycles. The molecule has 1 aliphatic carbocycles. The zero-order valence-electron chi connectivity index (χ0n) is 19.8. The number of aliphatic carboxylic acids is 1. The monoisotopic (exact) mass is 516 g/mol. The first-order valence-electron chi connectivity index (χ1n) is 11.4. The molecular formula is C24H26ClFN6O4. The Hall–Kier alpha value is -3.60. The SMILES string of the molecule is CC1(CNC(=O)c2cc(C(=O)NCc3ccc(F)c(Cl)c3)nc3ncnn23)CCC(C)(C(=O)O)CC1. The Morgan fingerprint density at radius 2 is 1.83 bits per heavy atom. The number of fused-ring (bicyclic) bond motifs is 1. The van der Waals surface area contributed by atoms with E-state index in [1.54, 1.807) is 6.92 Å². The van der Waals surface area contributed by atoms with Gasteiger partial charge in [-0.05, 0) is 55.7 Å². The lowest BCUT2D eigenvalue weighted by Gasteiger charge is -2.41. The molecule has 190 valence electrons. The lowest BCUT2D eigenvalue weighted by Crippen LogP contribution is -2.42. The number of carbonyl (C=O) groups is 3. The molecule has 0 bridgehead atoms.